The smallest absolute Gasteiger partial charge is 0.350 e. The van der Waals surface area contributed by atoms with E-state index in [1.165, 1.54) is 23.5 Å². The maximum absolute atomic E-state index is 12.9. The number of carbonyl (C=O) groups is 1. The lowest BCUT2D eigenvalue weighted by molar-refractivity contribution is 0.0531. The maximum atomic E-state index is 12.9. The summed E-state index contributed by atoms with van der Waals surface area (Å²) in [5, 5.41) is 7.26. The van der Waals surface area contributed by atoms with Crippen molar-refractivity contribution in [2.45, 2.75) is 33.2 Å². The summed E-state index contributed by atoms with van der Waals surface area (Å²) in [6, 6.07) is 5.82. The third-order valence-electron chi connectivity index (χ3n) is 3.92. The van der Waals surface area contributed by atoms with E-state index in [9.17, 15) is 9.18 Å². The molecule has 0 aliphatic heterocycles. The standard InChI is InChI=1S/C20H27FN4O3S/c1-5-27-19(26)17-13(2)24-18(29-17)14(3)25-20(22-4)23-11-6-12-28-16-9-7-15(21)8-10-16/h7-10,14H,5-6,11-12H2,1-4H3,(H2,22,23,25). The van der Waals surface area contributed by atoms with Gasteiger partial charge in [0.1, 0.15) is 21.5 Å². The van der Waals surface area contributed by atoms with Gasteiger partial charge in [-0.25, -0.2) is 14.2 Å². The van der Waals surface area contributed by atoms with Crippen LogP contribution in [0.3, 0.4) is 0 Å². The average Bonchev–Trinajstić information content (AvgIpc) is 3.10. The molecule has 0 radical (unpaired) electrons. The molecule has 158 valence electrons. The number of benzene rings is 1. The van der Waals surface area contributed by atoms with Crippen LogP contribution < -0.4 is 15.4 Å². The molecule has 9 heteroatoms. The highest BCUT2D eigenvalue weighted by Gasteiger charge is 2.20. The van der Waals surface area contributed by atoms with Crippen molar-refractivity contribution >= 4 is 23.3 Å². The Labute approximate surface area is 174 Å². The largest absolute Gasteiger partial charge is 0.494 e. The molecule has 29 heavy (non-hydrogen) atoms. The molecule has 2 N–H and O–H groups in total. The Bertz CT molecular complexity index is 824. The minimum absolute atomic E-state index is 0.122. The van der Waals surface area contributed by atoms with Gasteiger partial charge in [-0.1, -0.05) is 0 Å². The second-order valence-corrected chi connectivity index (χ2v) is 7.24. The Kier molecular flexibility index (Phi) is 8.85. The van der Waals surface area contributed by atoms with Crippen LogP contribution in [0.4, 0.5) is 4.39 Å². The molecule has 7 nitrogen and oxygen atoms in total. The predicted octanol–water partition coefficient (Wildman–Crippen LogP) is 3.46. The van der Waals surface area contributed by atoms with E-state index in [4.69, 9.17) is 9.47 Å². The monoisotopic (exact) mass is 422 g/mol. The first-order valence-corrected chi connectivity index (χ1v) is 10.3. The number of hydrogen-bond acceptors (Lipinski definition) is 6. The normalized spacial score (nSPS) is 12.4. The highest BCUT2D eigenvalue weighted by Crippen LogP contribution is 2.24. The molecular formula is C20H27FN4O3S. The Morgan fingerprint density at radius 3 is 2.72 bits per heavy atom. The number of nitrogens with zero attached hydrogens (tertiary/aromatic N) is 2. The van der Waals surface area contributed by atoms with Crippen molar-refractivity contribution < 1.29 is 18.7 Å². The summed E-state index contributed by atoms with van der Waals surface area (Å²) in [7, 11) is 1.69. The number of guanidine groups is 1. The van der Waals surface area contributed by atoms with Crippen molar-refractivity contribution in [2.75, 3.05) is 26.8 Å². The minimum Gasteiger partial charge on any atom is -0.494 e. The van der Waals surface area contributed by atoms with Crippen LogP contribution in [-0.4, -0.2) is 43.7 Å². The van der Waals surface area contributed by atoms with Gasteiger partial charge in [0.05, 0.1) is 24.9 Å². The first kappa shape index (κ1) is 22.6. The number of halogens is 1. The second-order valence-electron chi connectivity index (χ2n) is 6.21. The van der Waals surface area contributed by atoms with Crippen molar-refractivity contribution in [1.29, 1.82) is 0 Å². The summed E-state index contributed by atoms with van der Waals surface area (Å²) in [4.78, 5) is 21.2. The van der Waals surface area contributed by atoms with E-state index in [0.29, 0.717) is 42.0 Å². The topological polar surface area (TPSA) is 84.8 Å². The molecule has 0 bridgehead atoms. The van der Waals surface area contributed by atoms with Gasteiger partial charge in [0, 0.05) is 13.6 Å². The number of esters is 1. The van der Waals surface area contributed by atoms with Crippen LogP contribution in [0.25, 0.3) is 0 Å². The van der Waals surface area contributed by atoms with Crippen molar-refractivity contribution in [3.63, 3.8) is 0 Å². The summed E-state index contributed by atoms with van der Waals surface area (Å²) in [5.41, 5.74) is 0.665. The van der Waals surface area contributed by atoms with E-state index < -0.39 is 0 Å². The number of thiazole rings is 1. The van der Waals surface area contributed by atoms with Crippen LogP contribution >= 0.6 is 11.3 Å². The summed E-state index contributed by atoms with van der Waals surface area (Å²) in [6.45, 7) is 7.02. The molecule has 2 aromatic rings. The Hall–Kier alpha value is -2.68. The minimum atomic E-state index is -0.343. The van der Waals surface area contributed by atoms with Gasteiger partial charge in [0.2, 0.25) is 0 Å². The molecule has 1 aromatic carbocycles. The van der Waals surface area contributed by atoms with Crippen LogP contribution in [-0.2, 0) is 4.74 Å². The molecule has 0 spiro atoms. The summed E-state index contributed by atoms with van der Waals surface area (Å²) < 4.78 is 23.5. The fourth-order valence-corrected chi connectivity index (χ4v) is 3.41. The van der Waals surface area contributed by atoms with Crippen molar-refractivity contribution in [3.05, 3.63) is 45.7 Å². The van der Waals surface area contributed by atoms with Crippen LogP contribution in [0.2, 0.25) is 0 Å². The molecule has 1 aromatic heterocycles. The molecule has 1 unspecified atom stereocenters. The first-order chi connectivity index (χ1) is 13.9. The lowest BCUT2D eigenvalue weighted by Crippen LogP contribution is -2.39. The zero-order valence-corrected chi connectivity index (χ0v) is 17.9. The highest BCUT2D eigenvalue weighted by atomic mass is 32.1. The second kappa shape index (κ2) is 11.4. The number of aryl methyl sites for hydroxylation is 1. The maximum Gasteiger partial charge on any atom is 0.350 e. The zero-order chi connectivity index (χ0) is 21.2. The number of carbonyl (C=O) groups excluding carboxylic acids is 1. The fourth-order valence-electron chi connectivity index (χ4n) is 2.45. The Balaban J connectivity index is 1.78. The first-order valence-electron chi connectivity index (χ1n) is 9.44. The number of aliphatic imine (C=N–C) groups is 1. The molecule has 2 rings (SSSR count). The summed E-state index contributed by atoms with van der Waals surface area (Å²) in [6.07, 6.45) is 0.746. The lowest BCUT2D eigenvalue weighted by atomic mass is 10.3. The molecule has 0 aliphatic carbocycles. The quantitative estimate of drug-likeness (QED) is 0.279. The van der Waals surface area contributed by atoms with Gasteiger partial charge in [-0.3, -0.25) is 4.99 Å². The van der Waals surface area contributed by atoms with E-state index in [1.54, 1.807) is 33.0 Å². The van der Waals surface area contributed by atoms with E-state index in [2.05, 4.69) is 20.6 Å². The van der Waals surface area contributed by atoms with Crippen molar-refractivity contribution in [1.82, 2.24) is 15.6 Å². The van der Waals surface area contributed by atoms with Gasteiger partial charge in [-0.05, 0) is 51.5 Å². The molecule has 1 atom stereocenters. The van der Waals surface area contributed by atoms with E-state index in [0.717, 1.165) is 11.4 Å². The number of nitrogens with one attached hydrogen (secondary N) is 2. The van der Waals surface area contributed by atoms with E-state index in [1.807, 2.05) is 6.92 Å². The molecule has 0 fully saturated rings. The highest BCUT2D eigenvalue weighted by molar-refractivity contribution is 7.13. The van der Waals surface area contributed by atoms with Gasteiger partial charge in [0.15, 0.2) is 5.96 Å². The van der Waals surface area contributed by atoms with Gasteiger partial charge < -0.3 is 20.1 Å². The predicted molar refractivity (Wildman–Crippen MR) is 112 cm³/mol. The van der Waals surface area contributed by atoms with Crippen LogP contribution in [0.15, 0.2) is 29.3 Å². The zero-order valence-electron chi connectivity index (χ0n) is 17.1. The van der Waals surface area contributed by atoms with Crippen LogP contribution in [0.1, 0.15) is 46.7 Å². The van der Waals surface area contributed by atoms with E-state index in [-0.39, 0.29) is 17.8 Å². The number of rotatable bonds is 9. The Morgan fingerprint density at radius 1 is 1.34 bits per heavy atom. The molecule has 1 heterocycles. The third-order valence-corrected chi connectivity index (χ3v) is 5.24. The van der Waals surface area contributed by atoms with Gasteiger partial charge in [0.25, 0.3) is 0 Å². The summed E-state index contributed by atoms with van der Waals surface area (Å²) >= 11 is 1.32. The lowest BCUT2D eigenvalue weighted by Gasteiger charge is -2.16. The van der Waals surface area contributed by atoms with Gasteiger partial charge >= 0.3 is 5.97 Å². The summed E-state index contributed by atoms with van der Waals surface area (Å²) in [5.74, 6) is 0.640. The van der Waals surface area contributed by atoms with E-state index >= 15 is 0 Å². The van der Waals surface area contributed by atoms with Crippen LogP contribution in [0.5, 0.6) is 5.75 Å². The van der Waals surface area contributed by atoms with Crippen molar-refractivity contribution in [2.24, 2.45) is 4.99 Å². The van der Waals surface area contributed by atoms with Crippen molar-refractivity contribution in [3.8, 4) is 5.75 Å². The average molecular weight is 423 g/mol. The molecular weight excluding hydrogens is 395 g/mol. The molecule has 0 saturated carbocycles. The van der Waals surface area contributed by atoms with Crippen LogP contribution in [0, 0.1) is 12.7 Å². The number of aromatic nitrogens is 1. The molecule has 0 aliphatic rings. The Morgan fingerprint density at radius 2 is 2.07 bits per heavy atom. The van der Waals surface area contributed by atoms with Gasteiger partial charge in [-0.15, -0.1) is 11.3 Å². The number of hydrogen-bond donors (Lipinski definition) is 2. The molecule has 0 saturated heterocycles. The SMILES string of the molecule is CCOC(=O)c1sc(C(C)NC(=NC)NCCCOc2ccc(F)cc2)nc1C. The molecule has 0 amide bonds. The third kappa shape index (κ3) is 7.01. The fraction of sp³-hybridized carbons (Fsp3) is 0.450. The van der Waals surface area contributed by atoms with Gasteiger partial charge in [-0.2, -0.15) is 0 Å². The number of ether oxygens (including phenoxy) is 2.